The van der Waals surface area contributed by atoms with Crippen LogP contribution in [0.4, 0.5) is 0 Å². The number of hydrogen-bond donors (Lipinski definition) is 3. The number of pyridine rings is 2. The van der Waals surface area contributed by atoms with E-state index in [0.29, 0.717) is 86.5 Å². The molecule has 0 aliphatic rings. The zero-order chi connectivity index (χ0) is 55.0. The number of ether oxygens (including phenoxy) is 4. The van der Waals surface area contributed by atoms with Crippen LogP contribution >= 0.6 is 23.2 Å². The van der Waals surface area contributed by atoms with Gasteiger partial charge in [-0.2, -0.15) is 10.5 Å². The van der Waals surface area contributed by atoms with Crippen molar-refractivity contribution in [3.05, 3.63) is 235 Å². The molecule has 15 heteroatoms. The Morgan fingerprint density at radius 2 is 1.01 bits per heavy atom. The minimum Gasteiger partial charge on any atom is -0.488 e. The maximum Gasteiger partial charge on any atom is 0.234 e. The first-order chi connectivity index (χ1) is 37.8. The van der Waals surface area contributed by atoms with E-state index in [1.807, 2.05) is 91.0 Å². The number of nitrogens with two attached hydrogens (primary N) is 2. The molecule has 0 saturated heterocycles. The first kappa shape index (κ1) is 55.5. The van der Waals surface area contributed by atoms with Gasteiger partial charge in [-0.3, -0.25) is 19.6 Å². The number of aromatic nitrogens is 2. The summed E-state index contributed by atoms with van der Waals surface area (Å²) in [5.41, 5.74) is 23.3. The van der Waals surface area contributed by atoms with Gasteiger partial charge < -0.3 is 35.7 Å². The fraction of sp³-hybridized carbons (Fsp3) is 0.206. The average Bonchev–Trinajstić information content (AvgIpc) is 3.46. The van der Waals surface area contributed by atoms with Crippen LogP contribution in [-0.4, -0.2) is 27.8 Å². The molecular weight excluding hydrogens is 1020 g/mol. The number of halogens is 2. The smallest absolute Gasteiger partial charge is 0.234 e. The second kappa shape index (κ2) is 26.9. The molecule has 2 atom stereocenters. The van der Waals surface area contributed by atoms with Crippen molar-refractivity contribution in [3.8, 4) is 46.3 Å². The van der Waals surface area contributed by atoms with Crippen LogP contribution in [-0.2, 0) is 61.8 Å². The molecule has 8 aromatic rings. The van der Waals surface area contributed by atoms with Crippen LogP contribution in [0.3, 0.4) is 0 Å². The highest BCUT2D eigenvalue weighted by Crippen LogP contribution is 2.38. The summed E-state index contributed by atoms with van der Waals surface area (Å²) in [6.07, 6.45) is 8.08. The minimum atomic E-state index is -0.666. The van der Waals surface area contributed by atoms with Crippen molar-refractivity contribution in [3.63, 3.8) is 0 Å². The molecular formula is C63H57Cl2N7O6. The van der Waals surface area contributed by atoms with Crippen molar-refractivity contribution >= 4 is 35.0 Å². The van der Waals surface area contributed by atoms with E-state index in [1.165, 1.54) is 12.4 Å². The Balaban J connectivity index is 0.992. The van der Waals surface area contributed by atoms with Crippen molar-refractivity contribution in [1.29, 1.82) is 10.5 Å². The van der Waals surface area contributed by atoms with Gasteiger partial charge in [0.15, 0.2) is 0 Å². The predicted octanol–water partition coefficient (Wildman–Crippen LogP) is 11.6. The molecule has 78 heavy (non-hydrogen) atoms. The molecule has 0 spiro atoms. The molecule has 0 fully saturated rings. The van der Waals surface area contributed by atoms with Crippen LogP contribution in [0.5, 0.6) is 23.0 Å². The summed E-state index contributed by atoms with van der Waals surface area (Å²) in [5.74, 6) is 0.481. The van der Waals surface area contributed by atoms with Crippen LogP contribution < -0.4 is 35.7 Å². The second-order valence-electron chi connectivity index (χ2n) is 18.9. The van der Waals surface area contributed by atoms with Gasteiger partial charge in [0, 0.05) is 66.1 Å². The number of carbonyl (C=O) groups excluding carboxylic acids is 2. The Bertz CT molecular complexity index is 3260. The third-order valence-corrected chi connectivity index (χ3v) is 14.1. The molecule has 5 N–H and O–H groups in total. The molecule has 394 valence electrons. The van der Waals surface area contributed by atoms with E-state index in [1.54, 1.807) is 42.7 Å². The summed E-state index contributed by atoms with van der Waals surface area (Å²) >= 11 is 13.9. The molecule has 0 bridgehead atoms. The Kier molecular flexibility index (Phi) is 19.1. The van der Waals surface area contributed by atoms with Crippen molar-refractivity contribution < 1.29 is 28.5 Å². The van der Waals surface area contributed by atoms with Gasteiger partial charge in [-0.25, -0.2) is 0 Å². The lowest BCUT2D eigenvalue weighted by Gasteiger charge is -2.20. The molecule has 6 aromatic carbocycles. The summed E-state index contributed by atoms with van der Waals surface area (Å²) in [6.45, 7) is 4.93. The molecule has 2 aromatic heterocycles. The number of nitriles is 2. The Morgan fingerprint density at radius 1 is 0.538 bits per heavy atom. The normalized spacial score (nSPS) is 11.7. The van der Waals surface area contributed by atoms with Gasteiger partial charge in [0.05, 0.1) is 27.2 Å². The standard InChI is InChI=1S/C63H57Cl2N7O6/c1-40-50(38-77-60-27-58(75-36-46-21-44(29-66)31-70-33-46)48(25-55(60)64)19-20-49(62(68)73)23-42-11-5-3-6-12-42)15-9-17-53(40)54-18-10-16-51(41(54)2)39-78-61-28-59(76-37-47-22-45(30-67)32-71-34-47)52(26-56(61)65)35-72-57(63(69)74)24-43-13-7-4-8-14-43/h3-18,21-22,25-28,31-34,49,57,72H,19-20,23-24,35-39H2,1-2H3,(H2,68,73)(H2,69,74). The Hall–Kier alpha value is -8.72. The van der Waals surface area contributed by atoms with Crippen LogP contribution in [0.2, 0.25) is 10.0 Å². The third kappa shape index (κ3) is 14.8. The maximum absolute atomic E-state index is 12.6. The minimum absolute atomic E-state index is 0.105. The summed E-state index contributed by atoms with van der Waals surface area (Å²) in [4.78, 5) is 33.6. The van der Waals surface area contributed by atoms with E-state index in [4.69, 9.17) is 53.6 Å². The quantitative estimate of drug-likeness (QED) is 0.0490. The number of aryl methyl sites for hydroxylation is 1. The van der Waals surface area contributed by atoms with Gasteiger partial charge in [-0.15, -0.1) is 0 Å². The van der Waals surface area contributed by atoms with Gasteiger partial charge in [-0.05, 0) is 114 Å². The van der Waals surface area contributed by atoms with Crippen LogP contribution in [0.15, 0.2) is 158 Å². The van der Waals surface area contributed by atoms with Crippen LogP contribution in [0, 0.1) is 42.4 Å². The maximum atomic E-state index is 12.6. The van der Waals surface area contributed by atoms with Crippen LogP contribution in [0.1, 0.15) is 73.2 Å². The van der Waals surface area contributed by atoms with Gasteiger partial charge in [-0.1, -0.05) is 120 Å². The fourth-order valence-corrected chi connectivity index (χ4v) is 9.54. The van der Waals surface area contributed by atoms with Crippen LogP contribution in [0.25, 0.3) is 11.1 Å². The second-order valence-corrected chi connectivity index (χ2v) is 19.7. The van der Waals surface area contributed by atoms with Gasteiger partial charge in [0.1, 0.15) is 61.6 Å². The van der Waals surface area contributed by atoms with Crippen molar-refractivity contribution in [2.24, 2.45) is 17.4 Å². The molecule has 2 heterocycles. The number of benzene rings is 6. The number of nitrogens with one attached hydrogen (secondary N) is 1. The number of amides is 2. The summed E-state index contributed by atoms with van der Waals surface area (Å²) in [7, 11) is 0. The molecule has 13 nitrogen and oxygen atoms in total. The predicted molar refractivity (Wildman–Crippen MR) is 301 cm³/mol. The van der Waals surface area contributed by atoms with E-state index >= 15 is 0 Å². The van der Waals surface area contributed by atoms with Gasteiger partial charge in [0.2, 0.25) is 11.8 Å². The van der Waals surface area contributed by atoms with E-state index < -0.39 is 17.9 Å². The zero-order valence-electron chi connectivity index (χ0n) is 43.2. The van der Waals surface area contributed by atoms with E-state index in [2.05, 4.69) is 53.4 Å². The number of carbonyl (C=O) groups is 2. The summed E-state index contributed by atoms with van der Waals surface area (Å²) in [6, 6.07) is 45.6. The highest BCUT2D eigenvalue weighted by Gasteiger charge is 2.22. The topological polar surface area (TPSA) is 208 Å². The lowest BCUT2D eigenvalue weighted by atomic mass is 9.91. The summed E-state index contributed by atoms with van der Waals surface area (Å²) in [5, 5.41) is 23.0. The zero-order valence-corrected chi connectivity index (χ0v) is 44.7. The fourth-order valence-electron chi connectivity index (χ4n) is 9.06. The van der Waals surface area contributed by atoms with E-state index in [9.17, 15) is 20.1 Å². The summed E-state index contributed by atoms with van der Waals surface area (Å²) < 4.78 is 25.7. The Labute approximate surface area is 464 Å². The first-order valence-corrected chi connectivity index (χ1v) is 26.0. The first-order valence-electron chi connectivity index (χ1n) is 25.3. The molecule has 2 amide bonds. The van der Waals surface area contributed by atoms with Gasteiger partial charge in [0.25, 0.3) is 0 Å². The number of primary amides is 2. The molecule has 0 saturated carbocycles. The van der Waals surface area contributed by atoms with Crippen molar-refractivity contribution in [2.75, 3.05) is 0 Å². The van der Waals surface area contributed by atoms with E-state index in [0.717, 1.165) is 50.1 Å². The highest BCUT2D eigenvalue weighted by molar-refractivity contribution is 6.32. The average molecular weight is 1080 g/mol. The molecule has 2 unspecified atom stereocenters. The molecule has 0 aliphatic heterocycles. The third-order valence-electron chi connectivity index (χ3n) is 13.5. The van der Waals surface area contributed by atoms with Crippen molar-refractivity contribution in [2.45, 2.75) is 78.5 Å². The SMILES string of the molecule is Cc1c(COc2cc(OCc3cncc(C#N)c3)c(CCC(Cc3ccccc3)C(N)=O)cc2Cl)cccc1-c1cccc(COc2cc(OCc3cncc(C#N)c3)c(CNC(Cc3ccccc3)C(N)=O)cc2Cl)c1C. The van der Waals surface area contributed by atoms with E-state index in [-0.39, 0.29) is 38.9 Å². The molecule has 0 radical (unpaired) electrons. The molecule has 0 aliphatic carbocycles. The number of hydrogen-bond acceptors (Lipinski definition) is 11. The molecule has 8 rings (SSSR count). The lowest BCUT2D eigenvalue weighted by molar-refractivity contribution is -0.122. The van der Waals surface area contributed by atoms with Gasteiger partial charge >= 0.3 is 0 Å². The lowest BCUT2D eigenvalue weighted by Crippen LogP contribution is -2.42. The monoisotopic (exact) mass is 1080 g/mol. The number of nitrogens with zero attached hydrogens (tertiary/aromatic N) is 4. The highest BCUT2D eigenvalue weighted by atomic mass is 35.5. The number of rotatable bonds is 25. The largest absolute Gasteiger partial charge is 0.488 e. The van der Waals surface area contributed by atoms with Crippen molar-refractivity contribution in [1.82, 2.24) is 15.3 Å². The Morgan fingerprint density at radius 3 is 1.50 bits per heavy atom.